The average Bonchev–Trinajstić information content (AvgIpc) is 2.53. The van der Waals surface area contributed by atoms with Gasteiger partial charge in [-0.3, -0.25) is 0 Å². The molecule has 2 nitrogen and oxygen atoms in total. The first-order valence-corrected chi connectivity index (χ1v) is 8.29. The molecule has 4 heteroatoms. The lowest BCUT2D eigenvalue weighted by Gasteiger charge is -2.25. The minimum Gasteiger partial charge on any atom is -0.386 e. The molecule has 0 saturated carbocycles. The monoisotopic (exact) mass is 337 g/mol. The van der Waals surface area contributed by atoms with Gasteiger partial charge in [-0.1, -0.05) is 60.8 Å². The minimum absolute atomic E-state index is 0.176. The zero-order valence-electron chi connectivity index (χ0n) is 12.6. The molecule has 0 aliphatic carbocycles. The Kier molecular flexibility index (Phi) is 6.71. The van der Waals surface area contributed by atoms with Crippen molar-refractivity contribution in [1.29, 1.82) is 0 Å². The summed E-state index contributed by atoms with van der Waals surface area (Å²) < 4.78 is 0. The Bertz CT molecular complexity index is 569. The maximum atomic E-state index is 10.8. The van der Waals surface area contributed by atoms with Crippen LogP contribution in [0.25, 0.3) is 0 Å². The highest BCUT2D eigenvalue weighted by Gasteiger charge is 2.22. The second-order valence-electron chi connectivity index (χ2n) is 5.33. The molecule has 118 valence electrons. The van der Waals surface area contributed by atoms with E-state index in [0.29, 0.717) is 10.0 Å². The molecule has 2 rings (SSSR count). The van der Waals surface area contributed by atoms with E-state index in [4.69, 9.17) is 23.2 Å². The van der Waals surface area contributed by atoms with Gasteiger partial charge in [0.2, 0.25) is 0 Å². The third-order valence-electron chi connectivity index (χ3n) is 3.65. The van der Waals surface area contributed by atoms with Crippen molar-refractivity contribution in [3.05, 3.63) is 69.7 Å². The Morgan fingerprint density at radius 2 is 1.41 bits per heavy atom. The van der Waals surface area contributed by atoms with Gasteiger partial charge in [-0.05, 0) is 48.4 Å². The molecule has 0 saturated heterocycles. The molecular weight excluding hydrogens is 317 g/mol. The average molecular weight is 338 g/mol. The lowest BCUT2D eigenvalue weighted by molar-refractivity contribution is 0.128. The quantitative estimate of drug-likeness (QED) is 0.684. The van der Waals surface area contributed by atoms with E-state index < -0.39 is 6.10 Å². The first kappa shape index (κ1) is 17.3. The van der Waals surface area contributed by atoms with Gasteiger partial charge in [-0.15, -0.1) is 0 Å². The SMILES string of the molecule is CCCCN[C@H](c1ccc(Cl)cc1)[C@@H](O)c1ccc(Cl)cc1. The van der Waals surface area contributed by atoms with Gasteiger partial charge in [-0.2, -0.15) is 0 Å². The summed E-state index contributed by atoms with van der Waals surface area (Å²) in [5, 5.41) is 15.6. The number of halogens is 2. The number of benzene rings is 2. The summed E-state index contributed by atoms with van der Waals surface area (Å²) in [6.45, 7) is 3.00. The van der Waals surface area contributed by atoms with Crippen LogP contribution >= 0.6 is 23.2 Å². The lowest BCUT2D eigenvalue weighted by Crippen LogP contribution is -2.28. The van der Waals surface area contributed by atoms with Crippen LogP contribution in [0.15, 0.2) is 48.5 Å². The molecule has 2 aromatic rings. The van der Waals surface area contributed by atoms with Gasteiger partial charge in [0.1, 0.15) is 0 Å². The number of hydrogen-bond acceptors (Lipinski definition) is 2. The molecular formula is C18H21Cl2NO. The summed E-state index contributed by atoms with van der Waals surface area (Å²) in [4.78, 5) is 0. The maximum Gasteiger partial charge on any atom is 0.0984 e. The third kappa shape index (κ3) is 4.72. The predicted octanol–water partition coefficient (Wildman–Crippen LogP) is 5.16. The van der Waals surface area contributed by atoms with Crippen LogP contribution in [-0.4, -0.2) is 11.7 Å². The van der Waals surface area contributed by atoms with Crippen molar-refractivity contribution in [3.8, 4) is 0 Å². The number of nitrogens with one attached hydrogen (secondary N) is 1. The van der Waals surface area contributed by atoms with E-state index in [9.17, 15) is 5.11 Å². The number of unbranched alkanes of at least 4 members (excludes halogenated alkanes) is 1. The van der Waals surface area contributed by atoms with Gasteiger partial charge in [0.25, 0.3) is 0 Å². The predicted molar refractivity (Wildman–Crippen MR) is 93.5 cm³/mol. The second kappa shape index (κ2) is 8.54. The number of aliphatic hydroxyl groups excluding tert-OH is 1. The van der Waals surface area contributed by atoms with Gasteiger partial charge in [-0.25, -0.2) is 0 Å². The molecule has 0 aromatic heterocycles. The first-order valence-electron chi connectivity index (χ1n) is 7.54. The molecule has 0 aliphatic heterocycles. The summed E-state index contributed by atoms with van der Waals surface area (Å²) in [6, 6.07) is 14.7. The molecule has 0 radical (unpaired) electrons. The topological polar surface area (TPSA) is 32.3 Å². The van der Waals surface area contributed by atoms with Crippen molar-refractivity contribution in [3.63, 3.8) is 0 Å². The van der Waals surface area contributed by atoms with Crippen molar-refractivity contribution in [2.24, 2.45) is 0 Å². The van der Waals surface area contributed by atoms with Gasteiger partial charge >= 0.3 is 0 Å². The normalized spacial score (nSPS) is 13.8. The second-order valence-corrected chi connectivity index (χ2v) is 6.21. The summed E-state index contributed by atoms with van der Waals surface area (Å²) in [6.07, 6.45) is 1.53. The van der Waals surface area contributed by atoms with Crippen LogP contribution < -0.4 is 5.32 Å². The van der Waals surface area contributed by atoms with Crippen LogP contribution in [0.4, 0.5) is 0 Å². The molecule has 2 aromatic carbocycles. The number of aliphatic hydroxyl groups is 1. The number of rotatable bonds is 7. The van der Waals surface area contributed by atoms with Crippen molar-refractivity contribution >= 4 is 23.2 Å². The fraction of sp³-hybridized carbons (Fsp3) is 0.333. The van der Waals surface area contributed by atoms with E-state index in [1.807, 2.05) is 36.4 Å². The van der Waals surface area contributed by atoms with Crippen LogP contribution in [0.5, 0.6) is 0 Å². The first-order chi connectivity index (χ1) is 10.6. The highest BCUT2D eigenvalue weighted by molar-refractivity contribution is 6.30. The Hall–Kier alpha value is -1.06. The third-order valence-corrected chi connectivity index (χ3v) is 4.15. The van der Waals surface area contributed by atoms with Gasteiger partial charge < -0.3 is 10.4 Å². The van der Waals surface area contributed by atoms with Crippen LogP contribution in [0, 0.1) is 0 Å². The molecule has 2 N–H and O–H groups in total. The zero-order chi connectivity index (χ0) is 15.9. The summed E-state index contributed by atoms with van der Waals surface area (Å²) in [5.74, 6) is 0. The molecule has 0 fully saturated rings. The molecule has 0 spiro atoms. The molecule has 2 atom stereocenters. The van der Waals surface area contributed by atoms with Crippen LogP contribution in [-0.2, 0) is 0 Å². The Balaban J connectivity index is 2.22. The summed E-state index contributed by atoms with van der Waals surface area (Å²) in [5.41, 5.74) is 1.86. The van der Waals surface area contributed by atoms with Gasteiger partial charge in [0, 0.05) is 10.0 Å². The lowest BCUT2D eigenvalue weighted by atomic mass is 9.95. The van der Waals surface area contributed by atoms with E-state index >= 15 is 0 Å². The van der Waals surface area contributed by atoms with E-state index in [1.165, 1.54) is 0 Å². The Morgan fingerprint density at radius 1 is 0.909 bits per heavy atom. The minimum atomic E-state index is -0.643. The molecule has 0 amide bonds. The van der Waals surface area contributed by atoms with Crippen LogP contribution in [0.1, 0.15) is 43.0 Å². The molecule has 0 bridgehead atoms. The van der Waals surface area contributed by atoms with E-state index in [1.54, 1.807) is 12.1 Å². The van der Waals surface area contributed by atoms with Gasteiger partial charge in [0.15, 0.2) is 0 Å². The van der Waals surface area contributed by atoms with E-state index in [-0.39, 0.29) is 6.04 Å². The maximum absolute atomic E-state index is 10.8. The van der Waals surface area contributed by atoms with E-state index in [0.717, 1.165) is 30.5 Å². The Morgan fingerprint density at radius 3 is 1.91 bits per heavy atom. The Labute approximate surface area is 142 Å². The highest BCUT2D eigenvalue weighted by Crippen LogP contribution is 2.30. The largest absolute Gasteiger partial charge is 0.386 e. The molecule has 0 heterocycles. The van der Waals surface area contributed by atoms with Crippen molar-refractivity contribution in [2.45, 2.75) is 31.9 Å². The summed E-state index contributed by atoms with van der Waals surface area (Å²) in [7, 11) is 0. The van der Waals surface area contributed by atoms with Crippen molar-refractivity contribution in [1.82, 2.24) is 5.32 Å². The van der Waals surface area contributed by atoms with Crippen LogP contribution in [0.3, 0.4) is 0 Å². The fourth-order valence-corrected chi connectivity index (χ4v) is 2.62. The smallest absolute Gasteiger partial charge is 0.0984 e. The molecule has 22 heavy (non-hydrogen) atoms. The van der Waals surface area contributed by atoms with E-state index in [2.05, 4.69) is 12.2 Å². The number of hydrogen-bond donors (Lipinski definition) is 2. The van der Waals surface area contributed by atoms with Crippen molar-refractivity contribution < 1.29 is 5.11 Å². The fourth-order valence-electron chi connectivity index (χ4n) is 2.37. The van der Waals surface area contributed by atoms with Crippen molar-refractivity contribution in [2.75, 3.05) is 6.54 Å². The van der Waals surface area contributed by atoms with Crippen LogP contribution in [0.2, 0.25) is 10.0 Å². The summed E-state index contributed by atoms with van der Waals surface area (Å²) >= 11 is 11.9. The van der Waals surface area contributed by atoms with Gasteiger partial charge in [0.05, 0.1) is 12.1 Å². The highest BCUT2D eigenvalue weighted by atomic mass is 35.5. The molecule has 0 unspecified atom stereocenters. The standard InChI is InChI=1S/C18H21Cl2NO/c1-2-3-12-21-17(13-4-8-15(19)9-5-13)18(22)14-6-10-16(20)11-7-14/h4-11,17-18,21-22H,2-3,12H2,1H3/t17-,18+/m1/s1. The molecule has 0 aliphatic rings. The zero-order valence-corrected chi connectivity index (χ0v) is 14.1.